The maximum absolute atomic E-state index is 13.0. The molecule has 0 spiro atoms. The van der Waals surface area contributed by atoms with Crippen LogP contribution in [0.2, 0.25) is 0 Å². The monoisotopic (exact) mass is 460 g/mol. The Kier molecular flexibility index (Phi) is 9.93. The van der Waals surface area contributed by atoms with Crippen LogP contribution in [-0.2, 0) is 35.0 Å². The highest BCUT2D eigenvalue weighted by Crippen LogP contribution is 2.30. The summed E-state index contributed by atoms with van der Waals surface area (Å²) in [4.78, 5) is 37.9. The smallest absolute Gasteiger partial charge is 0.309 e. The minimum atomic E-state index is -0.617. The van der Waals surface area contributed by atoms with Crippen LogP contribution in [0.3, 0.4) is 0 Å². The van der Waals surface area contributed by atoms with Crippen molar-refractivity contribution in [3.63, 3.8) is 0 Å². The summed E-state index contributed by atoms with van der Waals surface area (Å²) in [6, 6.07) is 10.1. The van der Waals surface area contributed by atoms with Gasteiger partial charge in [-0.3, -0.25) is 14.4 Å². The van der Waals surface area contributed by atoms with Crippen molar-refractivity contribution in [1.82, 2.24) is 0 Å². The van der Waals surface area contributed by atoms with E-state index in [1.165, 1.54) is 0 Å². The molecule has 1 aliphatic heterocycles. The predicted octanol–water partition coefficient (Wildman–Crippen LogP) is 5.27. The Morgan fingerprint density at radius 3 is 2.33 bits per heavy atom. The number of carbonyl (C=O) groups excluding carboxylic acids is 3. The van der Waals surface area contributed by atoms with Gasteiger partial charge in [-0.05, 0) is 52.5 Å². The quantitative estimate of drug-likeness (QED) is 0.425. The predicted molar refractivity (Wildman–Crippen MR) is 126 cm³/mol. The molecular weight excluding hydrogens is 420 g/mol. The zero-order valence-electron chi connectivity index (χ0n) is 21.0. The normalized spacial score (nSPS) is 24.6. The van der Waals surface area contributed by atoms with Gasteiger partial charge >= 0.3 is 17.9 Å². The first-order chi connectivity index (χ1) is 15.5. The first-order valence-electron chi connectivity index (χ1n) is 12.1. The van der Waals surface area contributed by atoms with Gasteiger partial charge in [-0.15, -0.1) is 0 Å². The summed E-state index contributed by atoms with van der Waals surface area (Å²) in [5.74, 6) is -1.95. The van der Waals surface area contributed by atoms with E-state index < -0.39 is 35.7 Å². The third-order valence-corrected chi connectivity index (χ3v) is 5.84. The molecule has 0 N–H and O–H groups in total. The van der Waals surface area contributed by atoms with E-state index in [0.717, 1.165) is 31.2 Å². The van der Waals surface area contributed by atoms with Crippen LogP contribution in [0.5, 0.6) is 0 Å². The second-order valence-corrected chi connectivity index (χ2v) is 10.4. The van der Waals surface area contributed by atoms with Crippen LogP contribution in [0.1, 0.15) is 79.2 Å². The zero-order valence-corrected chi connectivity index (χ0v) is 21.0. The molecule has 6 heteroatoms. The lowest BCUT2D eigenvalue weighted by molar-refractivity contribution is -0.178. The minimum Gasteiger partial charge on any atom is -0.460 e. The lowest BCUT2D eigenvalue weighted by Crippen LogP contribution is -2.42. The molecule has 0 unspecified atom stereocenters. The minimum absolute atomic E-state index is 0.00723. The molecule has 1 fully saturated rings. The summed E-state index contributed by atoms with van der Waals surface area (Å²) in [6.45, 7) is 10.8. The van der Waals surface area contributed by atoms with Crippen molar-refractivity contribution in [3.8, 4) is 0 Å². The van der Waals surface area contributed by atoms with Gasteiger partial charge in [0.15, 0.2) is 0 Å². The second-order valence-electron chi connectivity index (χ2n) is 10.4. The van der Waals surface area contributed by atoms with E-state index >= 15 is 0 Å². The number of ether oxygens (including phenoxy) is 3. The molecule has 0 saturated carbocycles. The fraction of sp³-hybridized carbons (Fsp3) is 0.667. The van der Waals surface area contributed by atoms with Crippen molar-refractivity contribution in [2.45, 2.75) is 97.9 Å². The van der Waals surface area contributed by atoms with E-state index in [1.54, 1.807) is 41.5 Å². The van der Waals surface area contributed by atoms with E-state index in [1.807, 2.05) is 18.2 Å². The van der Waals surface area contributed by atoms with Crippen LogP contribution in [0.15, 0.2) is 30.3 Å². The Balaban J connectivity index is 2.20. The summed E-state index contributed by atoms with van der Waals surface area (Å²) in [6.07, 6.45) is 2.63. The molecule has 33 heavy (non-hydrogen) atoms. The molecule has 1 aromatic rings. The number of hydrogen-bond acceptors (Lipinski definition) is 6. The van der Waals surface area contributed by atoms with Gasteiger partial charge in [0.1, 0.15) is 17.8 Å². The maximum atomic E-state index is 13.0. The van der Waals surface area contributed by atoms with Gasteiger partial charge < -0.3 is 14.2 Å². The summed E-state index contributed by atoms with van der Waals surface area (Å²) >= 11 is 0. The molecule has 2 rings (SSSR count). The molecule has 0 aromatic heterocycles. The number of cyclic esters (lactones) is 1. The summed E-state index contributed by atoms with van der Waals surface area (Å²) in [5.41, 5.74) is 0.553. The van der Waals surface area contributed by atoms with Gasteiger partial charge in [-0.1, -0.05) is 57.0 Å². The maximum Gasteiger partial charge on any atom is 0.309 e. The average Bonchev–Trinajstić information content (AvgIpc) is 2.71. The molecule has 1 aliphatic rings. The highest BCUT2D eigenvalue weighted by molar-refractivity contribution is 5.80. The van der Waals surface area contributed by atoms with Crippen LogP contribution < -0.4 is 0 Å². The average molecular weight is 461 g/mol. The van der Waals surface area contributed by atoms with Crippen molar-refractivity contribution in [2.24, 2.45) is 17.8 Å². The van der Waals surface area contributed by atoms with Gasteiger partial charge in [0.05, 0.1) is 18.3 Å². The van der Waals surface area contributed by atoms with Crippen molar-refractivity contribution < 1.29 is 28.6 Å². The molecule has 6 nitrogen and oxygen atoms in total. The Hall–Kier alpha value is -2.37. The zero-order chi connectivity index (χ0) is 24.6. The van der Waals surface area contributed by atoms with Crippen LogP contribution in [-0.4, -0.2) is 35.7 Å². The fourth-order valence-corrected chi connectivity index (χ4v) is 4.18. The lowest BCUT2D eigenvalue weighted by atomic mass is 9.85. The summed E-state index contributed by atoms with van der Waals surface area (Å²) in [5, 5.41) is 0. The first kappa shape index (κ1) is 26.9. The summed E-state index contributed by atoms with van der Waals surface area (Å²) < 4.78 is 17.1. The van der Waals surface area contributed by atoms with E-state index in [9.17, 15) is 14.4 Å². The number of hydrogen-bond donors (Lipinski definition) is 0. The van der Waals surface area contributed by atoms with Crippen molar-refractivity contribution in [3.05, 3.63) is 35.9 Å². The standard InChI is InChI=1S/C27H40O6/c1-18(2)25(29)32-24-19(3)31-26(30)22(17-23(28)33-27(4,5)6)15-11-10-14-21(24)16-20-12-8-7-9-13-20/h7-9,12-13,18-19,21-22,24H,10-11,14-17H2,1-6H3/t19-,21+,22+,24-/m0/s1. The van der Waals surface area contributed by atoms with Crippen molar-refractivity contribution in [2.75, 3.05) is 0 Å². The molecule has 184 valence electrons. The van der Waals surface area contributed by atoms with Gasteiger partial charge in [-0.25, -0.2) is 0 Å². The number of carbonyl (C=O) groups is 3. The molecule has 0 aliphatic carbocycles. The Morgan fingerprint density at radius 1 is 1.09 bits per heavy atom. The first-order valence-corrected chi connectivity index (χ1v) is 12.1. The number of esters is 3. The number of benzene rings is 1. The van der Waals surface area contributed by atoms with Gasteiger partial charge in [0.25, 0.3) is 0 Å². The third kappa shape index (κ3) is 9.18. The lowest BCUT2D eigenvalue weighted by Gasteiger charge is -2.34. The molecule has 0 bridgehead atoms. The van der Waals surface area contributed by atoms with E-state index in [2.05, 4.69) is 12.1 Å². The van der Waals surface area contributed by atoms with Crippen LogP contribution >= 0.6 is 0 Å². The second kappa shape index (κ2) is 12.2. The molecule has 1 saturated heterocycles. The molecule has 4 atom stereocenters. The Labute approximate surface area is 198 Å². The number of rotatable bonds is 6. The fourth-order valence-electron chi connectivity index (χ4n) is 4.18. The van der Waals surface area contributed by atoms with E-state index in [0.29, 0.717) is 6.42 Å². The molecule has 1 heterocycles. The Bertz CT molecular complexity index is 780. The topological polar surface area (TPSA) is 78.9 Å². The molecule has 1 aromatic carbocycles. The van der Waals surface area contributed by atoms with E-state index in [4.69, 9.17) is 14.2 Å². The third-order valence-electron chi connectivity index (χ3n) is 5.84. The van der Waals surface area contributed by atoms with Crippen LogP contribution in [0, 0.1) is 17.8 Å². The molecule has 0 amide bonds. The summed E-state index contributed by atoms with van der Waals surface area (Å²) in [7, 11) is 0. The largest absolute Gasteiger partial charge is 0.460 e. The highest BCUT2D eigenvalue weighted by atomic mass is 16.6. The Morgan fingerprint density at radius 2 is 1.73 bits per heavy atom. The molecule has 0 radical (unpaired) electrons. The van der Waals surface area contributed by atoms with Gasteiger partial charge in [0, 0.05) is 5.92 Å². The van der Waals surface area contributed by atoms with Gasteiger partial charge in [0.2, 0.25) is 0 Å². The van der Waals surface area contributed by atoms with E-state index in [-0.39, 0.29) is 24.2 Å². The van der Waals surface area contributed by atoms with Gasteiger partial charge in [-0.2, -0.15) is 0 Å². The SMILES string of the molecule is CC(C)C(=O)O[C@@H]1[C@@H](Cc2ccccc2)CCCC[C@H](CC(=O)OC(C)(C)C)C(=O)O[C@H]1C. The van der Waals surface area contributed by atoms with Crippen LogP contribution in [0.4, 0.5) is 0 Å². The van der Waals surface area contributed by atoms with Crippen molar-refractivity contribution >= 4 is 17.9 Å². The van der Waals surface area contributed by atoms with Crippen LogP contribution in [0.25, 0.3) is 0 Å². The molecular formula is C27H40O6. The highest BCUT2D eigenvalue weighted by Gasteiger charge is 2.36. The van der Waals surface area contributed by atoms with Crippen molar-refractivity contribution in [1.29, 1.82) is 0 Å².